The first-order valence-electron chi connectivity index (χ1n) is 10.4. The summed E-state index contributed by atoms with van der Waals surface area (Å²) in [5.74, 6) is -0.000816. The number of aliphatic hydroxyl groups is 2. The number of ether oxygens (including phenoxy) is 1. The Hall–Kier alpha value is -3.22. The van der Waals surface area contributed by atoms with Crippen molar-refractivity contribution in [2.75, 3.05) is 13.2 Å². The first-order valence-corrected chi connectivity index (χ1v) is 10.4. The SMILES string of the molecule is Cc1ncccc1C(O)C(O)CCNC(=O)OCC1c2ccccc2-c2ccccc21. The van der Waals surface area contributed by atoms with Crippen molar-refractivity contribution in [2.24, 2.45) is 0 Å². The number of hydrogen-bond donors (Lipinski definition) is 3. The molecule has 6 nitrogen and oxygen atoms in total. The number of amides is 1. The van der Waals surface area contributed by atoms with Crippen LogP contribution in [0.1, 0.15) is 40.8 Å². The average molecular weight is 418 g/mol. The molecule has 3 aromatic rings. The maximum atomic E-state index is 12.2. The third-order valence-corrected chi connectivity index (χ3v) is 5.78. The second-order valence-electron chi connectivity index (χ2n) is 7.73. The summed E-state index contributed by atoms with van der Waals surface area (Å²) >= 11 is 0. The largest absolute Gasteiger partial charge is 0.449 e. The van der Waals surface area contributed by atoms with Gasteiger partial charge in [0.15, 0.2) is 0 Å². The van der Waals surface area contributed by atoms with Crippen LogP contribution >= 0.6 is 0 Å². The molecule has 1 amide bonds. The molecule has 1 aliphatic rings. The highest BCUT2D eigenvalue weighted by molar-refractivity contribution is 5.79. The topological polar surface area (TPSA) is 91.7 Å². The zero-order valence-corrected chi connectivity index (χ0v) is 17.4. The summed E-state index contributed by atoms with van der Waals surface area (Å²) in [4.78, 5) is 16.3. The fraction of sp³-hybridized carbons (Fsp3) is 0.280. The fourth-order valence-corrected chi connectivity index (χ4v) is 4.15. The summed E-state index contributed by atoms with van der Waals surface area (Å²) in [6.45, 7) is 2.20. The number of nitrogens with one attached hydrogen (secondary N) is 1. The summed E-state index contributed by atoms with van der Waals surface area (Å²) in [5.41, 5.74) is 5.91. The molecule has 160 valence electrons. The lowest BCUT2D eigenvalue weighted by Crippen LogP contribution is -2.30. The predicted octanol–water partition coefficient (Wildman–Crippen LogP) is 3.71. The lowest BCUT2D eigenvalue weighted by atomic mass is 9.98. The van der Waals surface area contributed by atoms with Gasteiger partial charge in [0, 0.05) is 29.9 Å². The Morgan fingerprint density at radius 2 is 1.68 bits per heavy atom. The van der Waals surface area contributed by atoms with Crippen molar-refractivity contribution < 1.29 is 19.7 Å². The van der Waals surface area contributed by atoms with Crippen LogP contribution in [0.5, 0.6) is 0 Å². The van der Waals surface area contributed by atoms with Crippen LogP contribution in [0.2, 0.25) is 0 Å². The van der Waals surface area contributed by atoms with Gasteiger partial charge >= 0.3 is 6.09 Å². The minimum absolute atomic E-state index is 0.000816. The molecule has 0 bridgehead atoms. The van der Waals surface area contributed by atoms with Crippen molar-refractivity contribution in [2.45, 2.75) is 31.5 Å². The van der Waals surface area contributed by atoms with Crippen molar-refractivity contribution in [3.63, 3.8) is 0 Å². The van der Waals surface area contributed by atoms with Gasteiger partial charge in [-0.1, -0.05) is 54.6 Å². The van der Waals surface area contributed by atoms with Crippen molar-refractivity contribution in [3.05, 3.63) is 89.2 Å². The second-order valence-corrected chi connectivity index (χ2v) is 7.73. The normalized spacial score (nSPS) is 14.4. The van der Waals surface area contributed by atoms with Crippen LogP contribution < -0.4 is 5.32 Å². The van der Waals surface area contributed by atoms with Gasteiger partial charge in [-0.05, 0) is 41.7 Å². The molecule has 0 aliphatic heterocycles. The molecule has 3 N–H and O–H groups in total. The molecule has 2 aromatic carbocycles. The molecule has 1 heterocycles. The molecule has 2 unspecified atom stereocenters. The quantitative estimate of drug-likeness (QED) is 0.544. The van der Waals surface area contributed by atoms with Crippen molar-refractivity contribution in [3.8, 4) is 11.1 Å². The molecule has 0 spiro atoms. The summed E-state index contributed by atoms with van der Waals surface area (Å²) in [5, 5.41) is 23.3. The van der Waals surface area contributed by atoms with Gasteiger partial charge in [0.2, 0.25) is 0 Å². The summed E-state index contributed by atoms with van der Waals surface area (Å²) in [7, 11) is 0. The summed E-state index contributed by atoms with van der Waals surface area (Å²) in [6, 6.07) is 19.8. The Balaban J connectivity index is 1.29. The number of rotatable bonds is 7. The number of aryl methyl sites for hydroxylation is 1. The van der Waals surface area contributed by atoms with E-state index in [2.05, 4.69) is 34.6 Å². The fourth-order valence-electron chi connectivity index (χ4n) is 4.15. The predicted molar refractivity (Wildman–Crippen MR) is 118 cm³/mol. The third kappa shape index (κ3) is 4.45. The van der Waals surface area contributed by atoms with Gasteiger partial charge in [0.1, 0.15) is 12.7 Å². The number of carbonyl (C=O) groups excluding carboxylic acids is 1. The first-order chi connectivity index (χ1) is 15.1. The van der Waals surface area contributed by atoms with Crippen molar-refractivity contribution in [1.29, 1.82) is 0 Å². The Bertz CT molecular complexity index is 1020. The summed E-state index contributed by atoms with van der Waals surface area (Å²) < 4.78 is 5.48. The molecule has 0 radical (unpaired) electrons. The number of pyridine rings is 1. The summed E-state index contributed by atoms with van der Waals surface area (Å²) in [6.07, 6.45) is -0.785. The van der Waals surface area contributed by atoms with Crippen LogP contribution in [0, 0.1) is 6.92 Å². The number of aliphatic hydroxyl groups excluding tert-OH is 2. The average Bonchev–Trinajstić information content (AvgIpc) is 3.11. The number of benzene rings is 2. The van der Waals surface area contributed by atoms with Gasteiger partial charge in [-0.15, -0.1) is 0 Å². The molecule has 1 aromatic heterocycles. The molecule has 4 rings (SSSR count). The van der Waals surface area contributed by atoms with Gasteiger partial charge in [-0.25, -0.2) is 4.79 Å². The first kappa shape index (κ1) is 21.0. The van der Waals surface area contributed by atoms with E-state index in [0.29, 0.717) is 11.3 Å². The monoisotopic (exact) mass is 418 g/mol. The number of nitrogens with zero attached hydrogens (tertiary/aromatic N) is 1. The molecule has 6 heteroatoms. The molecule has 31 heavy (non-hydrogen) atoms. The third-order valence-electron chi connectivity index (χ3n) is 5.78. The molecule has 0 saturated carbocycles. The van der Waals surface area contributed by atoms with Crippen LogP contribution in [0.4, 0.5) is 4.79 Å². The maximum Gasteiger partial charge on any atom is 0.407 e. The Kier molecular flexibility index (Phi) is 6.30. The lowest BCUT2D eigenvalue weighted by Gasteiger charge is -2.19. The van der Waals surface area contributed by atoms with Gasteiger partial charge in [-0.3, -0.25) is 4.98 Å². The minimum Gasteiger partial charge on any atom is -0.449 e. The highest BCUT2D eigenvalue weighted by Gasteiger charge is 2.29. The van der Waals surface area contributed by atoms with E-state index in [1.165, 1.54) is 11.1 Å². The van der Waals surface area contributed by atoms with E-state index in [1.54, 1.807) is 25.3 Å². The van der Waals surface area contributed by atoms with Crippen LogP contribution in [0.25, 0.3) is 11.1 Å². The molecule has 0 saturated heterocycles. The molecule has 0 fully saturated rings. The number of alkyl carbamates (subject to hydrolysis) is 1. The van der Waals surface area contributed by atoms with E-state index < -0.39 is 18.3 Å². The van der Waals surface area contributed by atoms with Crippen molar-refractivity contribution in [1.82, 2.24) is 10.3 Å². The highest BCUT2D eigenvalue weighted by atomic mass is 16.5. The smallest absolute Gasteiger partial charge is 0.407 e. The lowest BCUT2D eigenvalue weighted by molar-refractivity contribution is 0.0131. The molecule has 2 atom stereocenters. The number of aromatic nitrogens is 1. The Morgan fingerprint density at radius 1 is 1.03 bits per heavy atom. The van der Waals surface area contributed by atoms with Crippen LogP contribution in [0.15, 0.2) is 66.9 Å². The van der Waals surface area contributed by atoms with Gasteiger partial charge < -0.3 is 20.3 Å². The van der Waals surface area contributed by atoms with E-state index in [0.717, 1.165) is 11.1 Å². The zero-order chi connectivity index (χ0) is 21.8. The van der Waals surface area contributed by atoms with Crippen LogP contribution in [0.3, 0.4) is 0 Å². The van der Waals surface area contributed by atoms with E-state index in [9.17, 15) is 15.0 Å². The van der Waals surface area contributed by atoms with Crippen LogP contribution in [-0.2, 0) is 4.74 Å². The van der Waals surface area contributed by atoms with E-state index in [1.807, 2.05) is 24.3 Å². The number of fused-ring (bicyclic) bond motifs is 3. The van der Waals surface area contributed by atoms with Gasteiger partial charge in [-0.2, -0.15) is 0 Å². The molecular formula is C25H26N2O4. The Labute approximate surface area is 181 Å². The zero-order valence-electron chi connectivity index (χ0n) is 17.4. The highest BCUT2D eigenvalue weighted by Crippen LogP contribution is 2.44. The Morgan fingerprint density at radius 3 is 2.32 bits per heavy atom. The van der Waals surface area contributed by atoms with Crippen molar-refractivity contribution >= 4 is 6.09 Å². The second kappa shape index (κ2) is 9.29. The van der Waals surface area contributed by atoms with Gasteiger partial charge in [0.25, 0.3) is 0 Å². The van der Waals surface area contributed by atoms with E-state index in [4.69, 9.17) is 4.74 Å². The van der Waals surface area contributed by atoms with Crippen LogP contribution in [-0.4, -0.2) is 40.5 Å². The maximum absolute atomic E-state index is 12.2. The van der Waals surface area contributed by atoms with E-state index in [-0.39, 0.29) is 25.5 Å². The molecular weight excluding hydrogens is 392 g/mol. The number of carbonyl (C=O) groups is 1. The number of hydrogen-bond acceptors (Lipinski definition) is 5. The standard InChI is InChI=1S/C25H26N2O4/c1-16-17(11-6-13-26-16)24(29)23(28)12-14-27-25(30)31-15-22-20-9-4-2-7-18(20)19-8-3-5-10-21(19)22/h2-11,13,22-24,28-29H,12,14-15H2,1H3,(H,27,30). The minimum atomic E-state index is -1.06. The van der Waals surface area contributed by atoms with E-state index >= 15 is 0 Å². The van der Waals surface area contributed by atoms with Gasteiger partial charge in [0.05, 0.1) is 6.10 Å². The molecule has 1 aliphatic carbocycles.